The topological polar surface area (TPSA) is 40.5 Å². The number of halogens is 1. The van der Waals surface area contributed by atoms with E-state index in [1.54, 1.807) is 22.3 Å². The minimum Gasteiger partial charge on any atom is -0.393 e. The average molecular weight is 348 g/mol. The number of amides is 1. The number of hydrogen-bond donors (Lipinski definition) is 1. The molecule has 5 heteroatoms. The number of hydrogen-bond acceptors (Lipinski definition) is 3. The molecule has 3 nitrogen and oxygen atoms in total. The number of carbonyl (C=O) groups excluding carboxylic acids is 1. The first-order valence-corrected chi connectivity index (χ1v) is 8.83. The first kappa shape index (κ1) is 16.2. The van der Waals surface area contributed by atoms with Crippen molar-refractivity contribution < 1.29 is 9.90 Å². The molecular weight excluding hydrogens is 330 g/mol. The van der Waals surface area contributed by atoms with Crippen LogP contribution in [0.15, 0.2) is 42.5 Å². The lowest BCUT2D eigenvalue weighted by molar-refractivity contribution is -0.127. The number of piperidine rings is 1. The second-order valence-electron chi connectivity index (χ2n) is 5.57. The molecule has 1 amide bonds. The Kier molecular flexibility index (Phi) is 5.16. The van der Waals surface area contributed by atoms with Crippen molar-refractivity contribution in [3.63, 3.8) is 0 Å². The summed E-state index contributed by atoms with van der Waals surface area (Å²) in [6, 6.07) is 11.8. The molecule has 0 spiro atoms. The Hall–Kier alpha value is -1.62. The van der Waals surface area contributed by atoms with Crippen molar-refractivity contribution in [2.45, 2.75) is 18.9 Å². The van der Waals surface area contributed by atoms with E-state index < -0.39 is 0 Å². The highest BCUT2D eigenvalue weighted by molar-refractivity contribution is 7.16. The van der Waals surface area contributed by atoms with Crippen molar-refractivity contribution in [1.29, 1.82) is 0 Å². The van der Waals surface area contributed by atoms with Gasteiger partial charge in [0.2, 0.25) is 5.91 Å². The summed E-state index contributed by atoms with van der Waals surface area (Å²) in [4.78, 5) is 16.0. The maximum atomic E-state index is 12.2. The number of benzene rings is 1. The van der Waals surface area contributed by atoms with Gasteiger partial charge in [-0.15, -0.1) is 11.3 Å². The number of thiophene rings is 1. The Morgan fingerprint density at radius 1 is 1.22 bits per heavy atom. The van der Waals surface area contributed by atoms with Crippen molar-refractivity contribution in [1.82, 2.24) is 4.90 Å². The summed E-state index contributed by atoms with van der Waals surface area (Å²) in [5.41, 5.74) is 1.01. The average Bonchev–Trinajstić information content (AvgIpc) is 3.02. The van der Waals surface area contributed by atoms with E-state index in [0.29, 0.717) is 25.9 Å². The molecule has 0 saturated carbocycles. The first-order valence-electron chi connectivity index (χ1n) is 7.63. The van der Waals surface area contributed by atoms with Crippen molar-refractivity contribution in [2.24, 2.45) is 0 Å². The van der Waals surface area contributed by atoms with E-state index in [1.807, 2.05) is 42.5 Å². The Morgan fingerprint density at radius 3 is 2.70 bits per heavy atom. The lowest BCUT2D eigenvalue weighted by Gasteiger charge is -2.28. The van der Waals surface area contributed by atoms with Crippen LogP contribution >= 0.6 is 22.9 Å². The molecule has 0 atom stereocenters. The first-order chi connectivity index (χ1) is 11.1. The molecule has 1 fully saturated rings. The third-order valence-electron chi connectivity index (χ3n) is 3.93. The van der Waals surface area contributed by atoms with Gasteiger partial charge in [0.15, 0.2) is 0 Å². The minimum atomic E-state index is -0.265. The molecule has 1 aliphatic rings. The predicted molar refractivity (Wildman–Crippen MR) is 95.6 cm³/mol. The van der Waals surface area contributed by atoms with E-state index in [0.717, 1.165) is 20.3 Å². The quantitative estimate of drug-likeness (QED) is 0.850. The van der Waals surface area contributed by atoms with Crippen LogP contribution in [0.25, 0.3) is 16.5 Å². The van der Waals surface area contributed by atoms with Gasteiger partial charge >= 0.3 is 0 Å². The number of nitrogens with zero attached hydrogens (tertiary/aromatic N) is 1. The van der Waals surface area contributed by atoms with Gasteiger partial charge in [-0.05, 0) is 37.1 Å². The number of carbonyl (C=O) groups is 1. The van der Waals surface area contributed by atoms with Gasteiger partial charge in [0, 0.05) is 39.5 Å². The van der Waals surface area contributed by atoms with Crippen LogP contribution in [-0.4, -0.2) is 35.1 Å². The second kappa shape index (κ2) is 7.30. The molecule has 1 N–H and O–H groups in total. The Morgan fingerprint density at radius 2 is 1.96 bits per heavy atom. The summed E-state index contributed by atoms with van der Waals surface area (Å²) in [5.74, 6) is 0.00425. The van der Waals surface area contributed by atoms with E-state index in [-0.39, 0.29) is 12.0 Å². The van der Waals surface area contributed by atoms with Gasteiger partial charge in [-0.1, -0.05) is 29.8 Å². The lowest BCUT2D eigenvalue weighted by Crippen LogP contribution is -2.39. The standard InChI is InChI=1S/C18H18ClNO2S/c19-16-4-2-1-3-15(16)17-7-5-14(23-17)6-8-18(22)20-11-9-13(21)10-12-20/h1-8,13,21H,9-12H2. The number of aliphatic hydroxyl groups is 1. The van der Waals surface area contributed by atoms with Crippen LogP contribution in [-0.2, 0) is 4.79 Å². The third-order valence-corrected chi connectivity index (χ3v) is 5.35. The minimum absolute atomic E-state index is 0.00425. The lowest BCUT2D eigenvalue weighted by atomic mass is 10.1. The molecule has 0 bridgehead atoms. The molecule has 1 saturated heterocycles. The monoisotopic (exact) mass is 347 g/mol. The van der Waals surface area contributed by atoms with Gasteiger partial charge < -0.3 is 10.0 Å². The fourth-order valence-electron chi connectivity index (χ4n) is 2.59. The Labute approximate surface area is 144 Å². The molecule has 120 valence electrons. The Bertz CT molecular complexity index is 717. The highest BCUT2D eigenvalue weighted by Crippen LogP contribution is 2.33. The molecular formula is C18H18ClNO2S. The van der Waals surface area contributed by atoms with Gasteiger partial charge in [-0.2, -0.15) is 0 Å². The Balaban J connectivity index is 1.67. The molecule has 23 heavy (non-hydrogen) atoms. The predicted octanol–water partition coefficient (Wildman–Crippen LogP) is 4.07. The zero-order valence-electron chi connectivity index (χ0n) is 12.6. The molecule has 1 aliphatic heterocycles. The van der Waals surface area contributed by atoms with Crippen LogP contribution in [0.3, 0.4) is 0 Å². The zero-order valence-corrected chi connectivity index (χ0v) is 14.2. The largest absolute Gasteiger partial charge is 0.393 e. The molecule has 2 aromatic rings. The number of likely N-dealkylation sites (tertiary alicyclic amines) is 1. The zero-order chi connectivity index (χ0) is 16.2. The van der Waals surface area contributed by atoms with Gasteiger partial charge in [0.05, 0.1) is 6.10 Å². The highest BCUT2D eigenvalue weighted by atomic mass is 35.5. The van der Waals surface area contributed by atoms with Gasteiger partial charge in [-0.25, -0.2) is 0 Å². The van der Waals surface area contributed by atoms with Crippen LogP contribution in [0.2, 0.25) is 5.02 Å². The van der Waals surface area contributed by atoms with E-state index >= 15 is 0 Å². The summed E-state index contributed by atoms with van der Waals surface area (Å²) >= 11 is 7.82. The molecule has 3 rings (SSSR count). The van der Waals surface area contributed by atoms with Crippen LogP contribution in [0.5, 0.6) is 0 Å². The number of rotatable bonds is 3. The molecule has 0 unspecified atom stereocenters. The van der Waals surface area contributed by atoms with Crippen LogP contribution < -0.4 is 0 Å². The number of aliphatic hydroxyl groups excluding tert-OH is 1. The van der Waals surface area contributed by atoms with Crippen molar-refractivity contribution >= 4 is 34.9 Å². The van der Waals surface area contributed by atoms with E-state index in [2.05, 4.69) is 0 Å². The molecule has 0 aliphatic carbocycles. The van der Waals surface area contributed by atoms with Crippen LogP contribution in [0.1, 0.15) is 17.7 Å². The van der Waals surface area contributed by atoms with Gasteiger partial charge in [0.1, 0.15) is 0 Å². The van der Waals surface area contributed by atoms with Crippen LogP contribution in [0.4, 0.5) is 0 Å². The van der Waals surface area contributed by atoms with Crippen molar-refractivity contribution in [2.75, 3.05) is 13.1 Å². The maximum absolute atomic E-state index is 12.2. The SMILES string of the molecule is O=C(C=Cc1ccc(-c2ccccc2Cl)s1)N1CCC(O)CC1. The van der Waals surface area contributed by atoms with Gasteiger partial charge in [0.25, 0.3) is 0 Å². The highest BCUT2D eigenvalue weighted by Gasteiger charge is 2.19. The normalized spacial score (nSPS) is 16.2. The van der Waals surface area contributed by atoms with E-state index in [9.17, 15) is 9.90 Å². The summed E-state index contributed by atoms with van der Waals surface area (Å²) in [7, 11) is 0. The second-order valence-corrected chi connectivity index (χ2v) is 7.09. The summed E-state index contributed by atoms with van der Waals surface area (Å²) in [6.07, 6.45) is 4.52. The molecule has 1 aromatic heterocycles. The summed E-state index contributed by atoms with van der Waals surface area (Å²) < 4.78 is 0. The molecule has 1 aromatic carbocycles. The van der Waals surface area contributed by atoms with E-state index in [1.165, 1.54) is 0 Å². The maximum Gasteiger partial charge on any atom is 0.246 e. The van der Waals surface area contributed by atoms with Crippen LogP contribution in [0, 0.1) is 0 Å². The molecule has 0 radical (unpaired) electrons. The van der Waals surface area contributed by atoms with Gasteiger partial charge in [-0.3, -0.25) is 4.79 Å². The van der Waals surface area contributed by atoms with Crippen molar-refractivity contribution in [3.05, 3.63) is 52.4 Å². The fraction of sp³-hybridized carbons (Fsp3) is 0.278. The molecule has 2 heterocycles. The third kappa shape index (κ3) is 4.02. The van der Waals surface area contributed by atoms with Crippen molar-refractivity contribution in [3.8, 4) is 10.4 Å². The summed E-state index contributed by atoms with van der Waals surface area (Å²) in [6.45, 7) is 1.25. The smallest absolute Gasteiger partial charge is 0.246 e. The fourth-order valence-corrected chi connectivity index (χ4v) is 3.84. The summed E-state index contributed by atoms with van der Waals surface area (Å²) in [5, 5.41) is 10.2. The van der Waals surface area contributed by atoms with E-state index in [4.69, 9.17) is 11.6 Å².